The summed E-state index contributed by atoms with van der Waals surface area (Å²) in [6, 6.07) is 4.42. The Labute approximate surface area is 109 Å². The first-order valence-electron chi connectivity index (χ1n) is 5.56. The van der Waals surface area contributed by atoms with E-state index in [0.29, 0.717) is 18.8 Å². The molecule has 0 aromatic heterocycles. The van der Waals surface area contributed by atoms with Crippen LogP contribution in [0.15, 0.2) is 23.1 Å². The van der Waals surface area contributed by atoms with Crippen molar-refractivity contribution in [3.8, 4) is 5.75 Å². The minimum Gasteiger partial charge on any atom is -0.493 e. The van der Waals surface area contributed by atoms with Crippen molar-refractivity contribution in [1.29, 1.82) is 0 Å². The van der Waals surface area contributed by atoms with Crippen LogP contribution in [0.3, 0.4) is 0 Å². The number of hydrogen-bond acceptors (Lipinski definition) is 5. The van der Waals surface area contributed by atoms with Gasteiger partial charge in [0.1, 0.15) is 5.75 Å². The van der Waals surface area contributed by atoms with Gasteiger partial charge in [0.2, 0.25) is 10.0 Å². The molecular formula is C11H13NO6S. The van der Waals surface area contributed by atoms with Crippen LogP contribution in [-0.2, 0) is 21.2 Å². The largest absolute Gasteiger partial charge is 0.493 e. The molecule has 1 aliphatic rings. The average Bonchev–Trinajstić information content (AvgIpc) is 2.82. The van der Waals surface area contributed by atoms with Crippen molar-refractivity contribution in [3.05, 3.63) is 23.8 Å². The molecule has 7 nitrogen and oxygen atoms in total. The van der Waals surface area contributed by atoms with Crippen molar-refractivity contribution in [2.45, 2.75) is 17.4 Å². The Kier molecular flexibility index (Phi) is 3.74. The van der Waals surface area contributed by atoms with Crippen LogP contribution in [0.4, 0.5) is 0 Å². The van der Waals surface area contributed by atoms with E-state index in [1.807, 2.05) is 4.72 Å². The molecule has 0 radical (unpaired) electrons. The Bertz CT molecular complexity index is 597. The first kappa shape index (κ1) is 13.8. The zero-order valence-electron chi connectivity index (χ0n) is 9.87. The number of aliphatic carboxylic acids is 1. The lowest BCUT2D eigenvalue weighted by molar-refractivity contribution is -0.146. The molecular weight excluding hydrogens is 274 g/mol. The van der Waals surface area contributed by atoms with Crippen molar-refractivity contribution in [2.75, 3.05) is 13.2 Å². The molecule has 0 bridgehead atoms. The number of carboxylic acid groups (broad SMARTS) is 1. The van der Waals surface area contributed by atoms with Gasteiger partial charge in [-0.1, -0.05) is 0 Å². The van der Waals surface area contributed by atoms with E-state index in [9.17, 15) is 13.2 Å². The van der Waals surface area contributed by atoms with Crippen LogP contribution >= 0.6 is 0 Å². The van der Waals surface area contributed by atoms with Gasteiger partial charge < -0.3 is 14.9 Å². The highest BCUT2D eigenvalue weighted by Crippen LogP contribution is 2.27. The van der Waals surface area contributed by atoms with Gasteiger partial charge in [-0.3, -0.25) is 0 Å². The topological polar surface area (TPSA) is 113 Å². The van der Waals surface area contributed by atoms with Crippen LogP contribution in [0.25, 0.3) is 0 Å². The quantitative estimate of drug-likeness (QED) is 0.663. The highest BCUT2D eigenvalue weighted by molar-refractivity contribution is 7.89. The molecule has 0 saturated carbocycles. The zero-order valence-corrected chi connectivity index (χ0v) is 10.7. The molecule has 0 aliphatic carbocycles. The minimum atomic E-state index is -3.84. The number of ether oxygens (including phenoxy) is 1. The predicted octanol–water partition coefficient (Wildman–Crippen LogP) is -0.655. The average molecular weight is 287 g/mol. The van der Waals surface area contributed by atoms with Gasteiger partial charge in [-0.15, -0.1) is 0 Å². The van der Waals surface area contributed by atoms with Crippen molar-refractivity contribution in [2.24, 2.45) is 0 Å². The smallest absolute Gasteiger partial charge is 0.333 e. The fourth-order valence-electron chi connectivity index (χ4n) is 1.69. The molecule has 1 aromatic carbocycles. The molecule has 1 atom stereocenters. The highest BCUT2D eigenvalue weighted by Gasteiger charge is 2.21. The second kappa shape index (κ2) is 5.16. The Balaban J connectivity index is 2.14. The van der Waals surface area contributed by atoms with Crippen LogP contribution < -0.4 is 9.46 Å². The van der Waals surface area contributed by atoms with Gasteiger partial charge in [-0.25, -0.2) is 17.9 Å². The lowest BCUT2D eigenvalue weighted by atomic mass is 10.2. The van der Waals surface area contributed by atoms with Crippen LogP contribution in [0, 0.1) is 0 Å². The number of carboxylic acids is 1. The molecule has 3 N–H and O–H groups in total. The van der Waals surface area contributed by atoms with E-state index in [-0.39, 0.29) is 4.90 Å². The number of rotatable bonds is 5. The fourth-order valence-corrected chi connectivity index (χ4v) is 2.78. The van der Waals surface area contributed by atoms with Crippen LogP contribution in [-0.4, -0.2) is 43.9 Å². The summed E-state index contributed by atoms with van der Waals surface area (Å²) in [5.41, 5.74) is 0.793. The predicted molar refractivity (Wildman–Crippen MR) is 64.5 cm³/mol. The third-order valence-corrected chi connectivity index (χ3v) is 4.14. The van der Waals surface area contributed by atoms with Crippen molar-refractivity contribution in [1.82, 2.24) is 4.72 Å². The lowest BCUT2D eigenvalue weighted by Gasteiger charge is -2.09. The summed E-state index contributed by atoms with van der Waals surface area (Å²) < 4.78 is 31.1. The number of hydrogen-bond donors (Lipinski definition) is 3. The third kappa shape index (κ3) is 3.03. The molecule has 19 heavy (non-hydrogen) atoms. The van der Waals surface area contributed by atoms with Gasteiger partial charge in [0.15, 0.2) is 6.10 Å². The molecule has 1 aliphatic heterocycles. The lowest BCUT2D eigenvalue weighted by Crippen LogP contribution is -2.36. The van der Waals surface area contributed by atoms with E-state index in [1.165, 1.54) is 12.1 Å². The van der Waals surface area contributed by atoms with E-state index >= 15 is 0 Å². The molecule has 0 amide bonds. The SMILES string of the molecule is O=C(O)C(O)CNS(=O)(=O)c1ccc2c(c1)CCO2. The van der Waals surface area contributed by atoms with Gasteiger partial charge in [-0.2, -0.15) is 0 Å². The second-order valence-electron chi connectivity index (χ2n) is 4.07. The summed E-state index contributed by atoms with van der Waals surface area (Å²) in [7, 11) is -3.84. The maximum Gasteiger partial charge on any atom is 0.333 e. The van der Waals surface area contributed by atoms with E-state index in [4.69, 9.17) is 14.9 Å². The van der Waals surface area contributed by atoms with Crippen molar-refractivity contribution < 1.29 is 28.2 Å². The number of sulfonamides is 1. The van der Waals surface area contributed by atoms with Gasteiger partial charge in [0.25, 0.3) is 0 Å². The number of benzene rings is 1. The Morgan fingerprint density at radius 3 is 2.89 bits per heavy atom. The maximum absolute atomic E-state index is 11.9. The molecule has 1 aromatic rings. The van der Waals surface area contributed by atoms with Gasteiger partial charge in [0.05, 0.1) is 11.5 Å². The maximum atomic E-state index is 11.9. The summed E-state index contributed by atoms with van der Waals surface area (Å²) in [4.78, 5) is 10.4. The number of aliphatic hydroxyl groups excluding tert-OH is 1. The Hall–Kier alpha value is -1.64. The Morgan fingerprint density at radius 2 is 2.21 bits per heavy atom. The number of fused-ring (bicyclic) bond motifs is 1. The summed E-state index contributed by atoms with van der Waals surface area (Å²) in [5.74, 6) is -0.824. The summed E-state index contributed by atoms with van der Waals surface area (Å²) in [6.07, 6.45) is -1.14. The Morgan fingerprint density at radius 1 is 1.47 bits per heavy atom. The molecule has 0 spiro atoms. The second-order valence-corrected chi connectivity index (χ2v) is 5.84. The van der Waals surface area contributed by atoms with Crippen molar-refractivity contribution in [3.63, 3.8) is 0 Å². The third-order valence-electron chi connectivity index (χ3n) is 2.72. The number of nitrogens with one attached hydrogen (secondary N) is 1. The molecule has 0 fully saturated rings. The molecule has 1 heterocycles. The van der Waals surface area contributed by atoms with Crippen molar-refractivity contribution >= 4 is 16.0 Å². The first-order valence-corrected chi connectivity index (χ1v) is 7.05. The summed E-state index contributed by atoms with van der Waals surface area (Å²) >= 11 is 0. The van der Waals surface area contributed by atoms with E-state index in [0.717, 1.165) is 5.56 Å². The van der Waals surface area contributed by atoms with E-state index in [1.54, 1.807) is 6.07 Å². The summed E-state index contributed by atoms with van der Waals surface area (Å²) in [6.45, 7) is -0.0603. The zero-order chi connectivity index (χ0) is 14.0. The van der Waals surface area contributed by atoms with Crippen LogP contribution in [0.5, 0.6) is 5.75 Å². The monoisotopic (exact) mass is 287 g/mol. The van der Waals surface area contributed by atoms with E-state index in [2.05, 4.69) is 0 Å². The molecule has 104 valence electrons. The number of aliphatic hydroxyl groups is 1. The molecule has 2 rings (SSSR count). The minimum absolute atomic E-state index is 0.0225. The fraction of sp³-hybridized carbons (Fsp3) is 0.364. The van der Waals surface area contributed by atoms with Gasteiger partial charge in [-0.05, 0) is 23.8 Å². The van der Waals surface area contributed by atoms with Gasteiger partial charge >= 0.3 is 5.97 Å². The van der Waals surface area contributed by atoms with Crippen LogP contribution in [0.2, 0.25) is 0 Å². The molecule has 8 heteroatoms. The van der Waals surface area contributed by atoms with Gasteiger partial charge in [0, 0.05) is 13.0 Å². The molecule has 0 saturated heterocycles. The van der Waals surface area contributed by atoms with Crippen LogP contribution in [0.1, 0.15) is 5.56 Å². The standard InChI is InChI=1S/C11H13NO6S/c13-9(11(14)15)6-12-19(16,17)8-1-2-10-7(5-8)3-4-18-10/h1-2,5,9,12-13H,3-4,6H2,(H,14,15). The highest BCUT2D eigenvalue weighted by atomic mass is 32.2. The summed E-state index contributed by atoms with van der Waals surface area (Å²) in [5, 5.41) is 17.5. The normalized spacial score (nSPS) is 15.6. The molecule has 1 unspecified atom stereocenters. The first-order chi connectivity index (χ1) is 8.90. The van der Waals surface area contributed by atoms with E-state index < -0.39 is 28.6 Å². The number of carbonyl (C=O) groups is 1.